The molecule has 102 valence electrons. The SMILES string of the molecule is CC(C)c1noc(CN[C@H](C)c2ccccc2Cl)n1. The van der Waals surface area contributed by atoms with E-state index in [2.05, 4.69) is 22.4 Å². The van der Waals surface area contributed by atoms with Crippen LogP contribution in [0.4, 0.5) is 0 Å². The van der Waals surface area contributed by atoms with E-state index >= 15 is 0 Å². The Morgan fingerprint density at radius 3 is 2.63 bits per heavy atom. The zero-order valence-corrected chi connectivity index (χ0v) is 12.1. The van der Waals surface area contributed by atoms with E-state index in [9.17, 15) is 0 Å². The Morgan fingerprint density at radius 1 is 1.26 bits per heavy atom. The molecule has 1 N–H and O–H groups in total. The van der Waals surface area contributed by atoms with Gasteiger partial charge in [-0.05, 0) is 18.6 Å². The van der Waals surface area contributed by atoms with E-state index in [0.29, 0.717) is 12.4 Å². The lowest BCUT2D eigenvalue weighted by atomic mass is 10.1. The third-order valence-corrected chi connectivity index (χ3v) is 3.28. The highest BCUT2D eigenvalue weighted by atomic mass is 35.5. The predicted octanol–water partition coefficient (Wildman–Crippen LogP) is 3.70. The topological polar surface area (TPSA) is 51.0 Å². The lowest BCUT2D eigenvalue weighted by Gasteiger charge is -2.14. The van der Waals surface area contributed by atoms with Gasteiger partial charge in [0.25, 0.3) is 0 Å². The fourth-order valence-electron chi connectivity index (χ4n) is 1.75. The fraction of sp³-hybridized carbons (Fsp3) is 0.429. The zero-order chi connectivity index (χ0) is 13.8. The molecule has 0 amide bonds. The molecule has 5 heteroatoms. The lowest BCUT2D eigenvalue weighted by molar-refractivity contribution is 0.355. The van der Waals surface area contributed by atoms with E-state index in [1.165, 1.54) is 0 Å². The van der Waals surface area contributed by atoms with Crippen LogP contribution < -0.4 is 5.32 Å². The highest BCUT2D eigenvalue weighted by Gasteiger charge is 2.12. The standard InChI is InChI=1S/C14H18ClN3O/c1-9(2)14-17-13(19-18-14)8-16-10(3)11-6-4-5-7-12(11)15/h4-7,9-10,16H,8H2,1-3H3/t10-/m1/s1. The summed E-state index contributed by atoms with van der Waals surface area (Å²) in [6.45, 7) is 6.66. The number of aromatic nitrogens is 2. The molecular formula is C14H18ClN3O. The summed E-state index contributed by atoms with van der Waals surface area (Å²) in [5.41, 5.74) is 1.06. The van der Waals surface area contributed by atoms with E-state index in [0.717, 1.165) is 16.4 Å². The Labute approximate surface area is 118 Å². The van der Waals surface area contributed by atoms with Gasteiger partial charge in [-0.1, -0.05) is 48.8 Å². The molecule has 0 bridgehead atoms. The number of halogens is 1. The smallest absolute Gasteiger partial charge is 0.240 e. The van der Waals surface area contributed by atoms with Crippen LogP contribution in [0.25, 0.3) is 0 Å². The highest BCUT2D eigenvalue weighted by molar-refractivity contribution is 6.31. The van der Waals surface area contributed by atoms with Crippen LogP contribution in [0.2, 0.25) is 5.02 Å². The summed E-state index contributed by atoms with van der Waals surface area (Å²) in [5.74, 6) is 1.61. The molecule has 0 radical (unpaired) electrons. The Bertz CT molecular complexity index is 539. The van der Waals surface area contributed by atoms with Gasteiger partial charge in [0.2, 0.25) is 5.89 Å². The summed E-state index contributed by atoms with van der Waals surface area (Å²) < 4.78 is 5.19. The highest BCUT2D eigenvalue weighted by Crippen LogP contribution is 2.22. The van der Waals surface area contributed by atoms with Gasteiger partial charge >= 0.3 is 0 Å². The molecule has 1 atom stereocenters. The normalized spacial score (nSPS) is 12.9. The van der Waals surface area contributed by atoms with Crippen molar-refractivity contribution in [3.63, 3.8) is 0 Å². The summed E-state index contributed by atoms with van der Waals surface area (Å²) in [6, 6.07) is 7.92. The van der Waals surface area contributed by atoms with Crippen LogP contribution in [-0.2, 0) is 6.54 Å². The average molecular weight is 280 g/mol. The minimum absolute atomic E-state index is 0.128. The number of nitrogens with zero attached hydrogens (tertiary/aromatic N) is 2. The quantitative estimate of drug-likeness (QED) is 0.907. The monoisotopic (exact) mass is 279 g/mol. The zero-order valence-electron chi connectivity index (χ0n) is 11.4. The Kier molecular flexibility index (Phi) is 4.56. The van der Waals surface area contributed by atoms with Crippen molar-refractivity contribution in [1.82, 2.24) is 15.5 Å². The minimum atomic E-state index is 0.128. The Balaban J connectivity index is 1.96. The first-order chi connectivity index (χ1) is 9.08. The van der Waals surface area contributed by atoms with Gasteiger partial charge in [-0.2, -0.15) is 4.98 Å². The van der Waals surface area contributed by atoms with Gasteiger partial charge in [-0.25, -0.2) is 0 Å². The van der Waals surface area contributed by atoms with Gasteiger partial charge in [-0.3, -0.25) is 0 Å². The van der Waals surface area contributed by atoms with Crippen molar-refractivity contribution < 1.29 is 4.52 Å². The Morgan fingerprint density at radius 2 is 2.00 bits per heavy atom. The van der Waals surface area contributed by atoms with E-state index in [4.69, 9.17) is 16.1 Å². The van der Waals surface area contributed by atoms with Crippen LogP contribution in [0.5, 0.6) is 0 Å². The van der Waals surface area contributed by atoms with Gasteiger partial charge in [0.05, 0.1) is 6.54 Å². The van der Waals surface area contributed by atoms with Crippen molar-refractivity contribution in [1.29, 1.82) is 0 Å². The minimum Gasteiger partial charge on any atom is -0.338 e. The van der Waals surface area contributed by atoms with E-state index in [-0.39, 0.29) is 12.0 Å². The average Bonchev–Trinajstić information content (AvgIpc) is 2.85. The second-order valence-electron chi connectivity index (χ2n) is 4.83. The maximum absolute atomic E-state index is 6.16. The van der Waals surface area contributed by atoms with E-state index in [1.807, 2.05) is 38.1 Å². The maximum Gasteiger partial charge on any atom is 0.240 e. The molecule has 0 aliphatic heterocycles. The Hall–Kier alpha value is -1.39. The van der Waals surface area contributed by atoms with Gasteiger partial charge in [-0.15, -0.1) is 0 Å². The van der Waals surface area contributed by atoms with E-state index < -0.39 is 0 Å². The summed E-state index contributed by atoms with van der Waals surface area (Å²) in [5, 5.41) is 8.02. The molecule has 0 saturated carbocycles. The predicted molar refractivity (Wildman–Crippen MR) is 75.1 cm³/mol. The molecule has 0 fully saturated rings. The largest absolute Gasteiger partial charge is 0.338 e. The summed E-state index contributed by atoms with van der Waals surface area (Å²) in [4.78, 5) is 4.32. The molecule has 0 spiro atoms. The number of benzene rings is 1. The molecule has 0 aliphatic carbocycles. The van der Waals surface area contributed by atoms with Crippen molar-refractivity contribution in [3.8, 4) is 0 Å². The molecule has 2 rings (SSSR count). The first-order valence-corrected chi connectivity index (χ1v) is 6.76. The van der Waals surface area contributed by atoms with Crippen molar-refractivity contribution in [2.75, 3.05) is 0 Å². The fourth-order valence-corrected chi connectivity index (χ4v) is 2.05. The molecule has 0 aliphatic rings. The number of hydrogen-bond acceptors (Lipinski definition) is 4. The van der Waals surface area contributed by atoms with Crippen molar-refractivity contribution in [3.05, 3.63) is 46.6 Å². The molecular weight excluding hydrogens is 262 g/mol. The van der Waals surface area contributed by atoms with Crippen LogP contribution >= 0.6 is 11.6 Å². The van der Waals surface area contributed by atoms with Crippen LogP contribution in [0.1, 0.15) is 50.0 Å². The van der Waals surface area contributed by atoms with Crippen molar-refractivity contribution in [2.24, 2.45) is 0 Å². The lowest BCUT2D eigenvalue weighted by Crippen LogP contribution is -2.18. The van der Waals surface area contributed by atoms with Crippen LogP contribution in [0, 0.1) is 0 Å². The van der Waals surface area contributed by atoms with Crippen LogP contribution in [0.3, 0.4) is 0 Å². The summed E-state index contributed by atoms with van der Waals surface area (Å²) in [6.07, 6.45) is 0. The van der Waals surface area contributed by atoms with Crippen LogP contribution in [-0.4, -0.2) is 10.1 Å². The first-order valence-electron chi connectivity index (χ1n) is 6.38. The first kappa shape index (κ1) is 14.0. The number of nitrogens with one attached hydrogen (secondary N) is 1. The number of rotatable bonds is 5. The molecule has 1 aromatic heterocycles. The summed E-state index contributed by atoms with van der Waals surface area (Å²) in [7, 11) is 0. The van der Waals surface area contributed by atoms with Gasteiger partial charge in [0.1, 0.15) is 0 Å². The van der Waals surface area contributed by atoms with E-state index in [1.54, 1.807) is 0 Å². The second-order valence-corrected chi connectivity index (χ2v) is 5.23. The van der Waals surface area contributed by atoms with Crippen LogP contribution in [0.15, 0.2) is 28.8 Å². The third-order valence-electron chi connectivity index (χ3n) is 2.93. The van der Waals surface area contributed by atoms with Gasteiger partial charge in [0.15, 0.2) is 5.82 Å². The van der Waals surface area contributed by atoms with Crippen molar-refractivity contribution in [2.45, 2.75) is 39.3 Å². The molecule has 1 aromatic carbocycles. The number of hydrogen-bond donors (Lipinski definition) is 1. The molecule has 2 aromatic rings. The molecule has 1 heterocycles. The molecule has 0 unspecified atom stereocenters. The summed E-state index contributed by atoms with van der Waals surface area (Å²) >= 11 is 6.16. The molecule has 19 heavy (non-hydrogen) atoms. The second kappa shape index (κ2) is 6.17. The van der Waals surface area contributed by atoms with Gasteiger partial charge in [0, 0.05) is 17.0 Å². The molecule has 0 saturated heterocycles. The third kappa shape index (κ3) is 3.55. The van der Waals surface area contributed by atoms with Crippen molar-refractivity contribution >= 4 is 11.6 Å². The van der Waals surface area contributed by atoms with Gasteiger partial charge < -0.3 is 9.84 Å². The molecule has 4 nitrogen and oxygen atoms in total. The maximum atomic E-state index is 6.16.